The van der Waals surface area contributed by atoms with Crippen LogP contribution in [0.1, 0.15) is 29.0 Å². The first-order valence-corrected chi connectivity index (χ1v) is 8.24. The van der Waals surface area contributed by atoms with Crippen LogP contribution in [0.2, 0.25) is 0 Å². The molecule has 0 bridgehead atoms. The minimum atomic E-state index is -0.442. The second-order valence-electron chi connectivity index (χ2n) is 6.00. The van der Waals surface area contributed by atoms with Crippen molar-refractivity contribution in [2.45, 2.75) is 25.8 Å². The topological polar surface area (TPSA) is 92.7 Å². The third-order valence-corrected chi connectivity index (χ3v) is 4.30. The van der Waals surface area contributed by atoms with Gasteiger partial charge in [-0.2, -0.15) is 0 Å². The summed E-state index contributed by atoms with van der Waals surface area (Å²) in [5.74, 6) is 1.37. The van der Waals surface area contributed by atoms with Crippen molar-refractivity contribution in [3.8, 4) is 11.4 Å². The molecule has 4 rings (SSSR count). The molecule has 1 aromatic carbocycles. The van der Waals surface area contributed by atoms with Crippen molar-refractivity contribution in [2.75, 3.05) is 5.32 Å². The van der Waals surface area contributed by atoms with Gasteiger partial charge in [0.15, 0.2) is 5.82 Å². The lowest BCUT2D eigenvalue weighted by Gasteiger charge is -2.15. The zero-order chi connectivity index (χ0) is 17.2. The summed E-state index contributed by atoms with van der Waals surface area (Å²) >= 11 is 0. The lowest BCUT2D eigenvalue weighted by atomic mass is 10.1. The standard InChI is InChI=1S/C18H17N5O2/c24-17-14(7-4-9-19-17)18(25)20-13-6-3-5-12(11-13)16-22-21-15-8-1-2-10-23(15)16/h3-7,9,11H,1-2,8,10H2,(H,19,24)(H,20,25). The average molecular weight is 335 g/mol. The molecule has 0 fully saturated rings. The first kappa shape index (κ1) is 15.3. The molecule has 0 atom stereocenters. The Kier molecular flexibility index (Phi) is 3.89. The largest absolute Gasteiger partial charge is 0.328 e. The van der Waals surface area contributed by atoms with Crippen LogP contribution in [0.4, 0.5) is 5.69 Å². The fourth-order valence-electron chi connectivity index (χ4n) is 3.06. The van der Waals surface area contributed by atoms with Crippen molar-refractivity contribution in [3.63, 3.8) is 0 Å². The molecule has 7 heteroatoms. The van der Waals surface area contributed by atoms with E-state index in [4.69, 9.17) is 0 Å². The smallest absolute Gasteiger partial charge is 0.261 e. The van der Waals surface area contributed by atoms with Gasteiger partial charge in [0.2, 0.25) is 0 Å². The van der Waals surface area contributed by atoms with Gasteiger partial charge in [-0.1, -0.05) is 12.1 Å². The van der Waals surface area contributed by atoms with E-state index < -0.39 is 11.5 Å². The van der Waals surface area contributed by atoms with Crippen molar-refractivity contribution in [1.82, 2.24) is 19.7 Å². The summed E-state index contributed by atoms with van der Waals surface area (Å²) in [6.45, 7) is 0.910. The van der Waals surface area contributed by atoms with Crippen LogP contribution in [-0.2, 0) is 13.0 Å². The van der Waals surface area contributed by atoms with E-state index in [2.05, 4.69) is 25.1 Å². The number of nitrogens with zero attached hydrogens (tertiary/aromatic N) is 3. The van der Waals surface area contributed by atoms with Gasteiger partial charge >= 0.3 is 0 Å². The molecule has 126 valence electrons. The van der Waals surface area contributed by atoms with E-state index in [1.807, 2.05) is 18.2 Å². The van der Waals surface area contributed by atoms with Crippen molar-refractivity contribution in [2.24, 2.45) is 0 Å². The molecule has 1 amide bonds. The quantitative estimate of drug-likeness (QED) is 0.767. The van der Waals surface area contributed by atoms with Crippen molar-refractivity contribution in [1.29, 1.82) is 0 Å². The van der Waals surface area contributed by atoms with E-state index in [0.29, 0.717) is 5.69 Å². The van der Waals surface area contributed by atoms with Gasteiger partial charge in [0.25, 0.3) is 11.5 Å². The monoisotopic (exact) mass is 335 g/mol. The molecule has 7 nitrogen and oxygen atoms in total. The summed E-state index contributed by atoms with van der Waals surface area (Å²) in [5, 5.41) is 11.3. The van der Waals surface area contributed by atoms with Crippen LogP contribution in [-0.4, -0.2) is 25.7 Å². The number of anilines is 1. The van der Waals surface area contributed by atoms with Gasteiger partial charge in [-0.25, -0.2) is 0 Å². The highest BCUT2D eigenvalue weighted by molar-refractivity contribution is 6.04. The molecular weight excluding hydrogens is 318 g/mol. The number of amides is 1. The number of fused-ring (bicyclic) bond motifs is 1. The van der Waals surface area contributed by atoms with Crippen LogP contribution in [0.3, 0.4) is 0 Å². The normalized spacial score (nSPS) is 13.3. The molecule has 3 aromatic rings. The molecule has 3 heterocycles. The van der Waals surface area contributed by atoms with E-state index in [1.54, 1.807) is 12.1 Å². The van der Waals surface area contributed by atoms with Crippen LogP contribution in [0, 0.1) is 0 Å². The summed E-state index contributed by atoms with van der Waals surface area (Å²) in [6.07, 6.45) is 4.69. The Bertz CT molecular complexity index is 989. The number of carbonyl (C=O) groups is 1. The Labute approximate surface area is 143 Å². The first-order valence-electron chi connectivity index (χ1n) is 8.24. The van der Waals surface area contributed by atoms with Crippen LogP contribution in [0.15, 0.2) is 47.4 Å². The summed E-state index contributed by atoms with van der Waals surface area (Å²) < 4.78 is 2.13. The Morgan fingerprint density at radius 2 is 2.08 bits per heavy atom. The maximum atomic E-state index is 12.3. The zero-order valence-electron chi connectivity index (χ0n) is 13.5. The Morgan fingerprint density at radius 1 is 1.16 bits per heavy atom. The number of aromatic nitrogens is 4. The molecular formula is C18H17N5O2. The average Bonchev–Trinajstić information content (AvgIpc) is 3.06. The maximum absolute atomic E-state index is 12.3. The predicted molar refractivity (Wildman–Crippen MR) is 93.4 cm³/mol. The van der Waals surface area contributed by atoms with Crippen LogP contribution in [0.25, 0.3) is 11.4 Å². The second-order valence-corrected chi connectivity index (χ2v) is 6.00. The minimum absolute atomic E-state index is 0.0766. The number of rotatable bonds is 3. The third kappa shape index (κ3) is 2.96. The van der Waals surface area contributed by atoms with Gasteiger partial charge in [0.05, 0.1) is 0 Å². The molecule has 1 aliphatic rings. The fraction of sp³-hybridized carbons (Fsp3) is 0.222. The van der Waals surface area contributed by atoms with Gasteiger partial charge in [-0.15, -0.1) is 10.2 Å². The summed E-state index contributed by atoms with van der Waals surface area (Å²) in [5.41, 5.74) is 1.16. The fourth-order valence-corrected chi connectivity index (χ4v) is 3.06. The van der Waals surface area contributed by atoms with E-state index in [0.717, 1.165) is 43.0 Å². The van der Waals surface area contributed by atoms with Gasteiger partial charge in [0.1, 0.15) is 11.4 Å². The van der Waals surface area contributed by atoms with Crippen LogP contribution < -0.4 is 10.9 Å². The van der Waals surface area contributed by atoms with Gasteiger partial charge in [0, 0.05) is 30.4 Å². The highest BCUT2D eigenvalue weighted by Crippen LogP contribution is 2.25. The third-order valence-electron chi connectivity index (χ3n) is 4.30. The molecule has 0 spiro atoms. The summed E-state index contributed by atoms with van der Waals surface area (Å²) in [6, 6.07) is 10.5. The summed E-state index contributed by atoms with van der Waals surface area (Å²) in [4.78, 5) is 26.5. The molecule has 2 N–H and O–H groups in total. The molecule has 0 saturated heterocycles. The molecule has 0 aliphatic carbocycles. The lowest BCUT2D eigenvalue weighted by molar-refractivity contribution is 0.102. The lowest BCUT2D eigenvalue weighted by Crippen LogP contribution is -2.22. The van der Waals surface area contributed by atoms with E-state index in [9.17, 15) is 9.59 Å². The number of carbonyl (C=O) groups excluding carboxylic acids is 1. The van der Waals surface area contributed by atoms with Crippen molar-refractivity contribution >= 4 is 11.6 Å². The molecule has 0 unspecified atom stereocenters. The predicted octanol–water partition coefficient (Wildman–Crippen LogP) is 2.22. The Hall–Kier alpha value is -3.22. The molecule has 0 radical (unpaired) electrons. The number of hydrogen-bond donors (Lipinski definition) is 2. The van der Waals surface area contributed by atoms with Crippen LogP contribution in [0.5, 0.6) is 0 Å². The Morgan fingerprint density at radius 3 is 2.96 bits per heavy atom. The minimum Gasteiger partial charge on any atom is -0.328 e. The number of H-pyrrole nitrogens is 1. The number of nitrogens with one attached hydrogen (secondary N) is 2. The maximum Gasteiger partial charge on any atom is 0.261 e. The second kappa shape index (κ2) is 6.35. The Balaban J connectivity index is 1.62. The molecule has 25 heavy (non-hydrogen) atoms. The number of aromatic amines is 1. The highest BCUT2D eigenvalue weighted by atomic mass is 16.2. The first-order chi connectivity index (χ1) is 12.2. The summed E-state index contributed by atoms with van der Waals surface area (Å²) in [7, 11) is 0. The number of aryl methyl sites for hydroxylation is 1. The van der Waals surface area contributed by atoms with Gasteiger partial charge in [-0.3, -0.25) is 9.59 Å². The van der Waals surface area contributed by atoms with Crippen molar-refractivity contribution in [3.05, 3.63) is 64.3 Å². The molecule has 0 saturated carbocycles. The van der Waals surface area contributed by atoms with E-state index in [-0.39, 0.29) is 5.56 Å². The molecule has 1 aliphatic heterocycles. The van der Waals surface area contributed by atoms with Crippen LogP contribution >= 0.6 is 0 Å². The zero-order valence-corrected chi connectivity index (χ0v) is 13.5. The number of pyridine rings is 1. The number of benzene rings is 1. The van der Waals surface area contributed by atoms with E-state index in [1.165, 1.54) is 12.3 Å². The SMILES string of the molecule is O=C(Nc1cccc(-c2nnc3n2CCCC3)c1)c1ccc[nH]c1=O. The molecule has 2 aromatic heterocycles. The van der Waals surface area contributed by atoms with Gasteiger partial charge < -0.3 is 14.9 Å². The van der Waals surface area contributed by atoms with Crippen molar-refractivity contribution < 1.29 is 4.79 Å². The highest BCUT2D eigenvalue weighted by Gasteiger charge is 2.17. The number of hydrogen-bond acceptors (Lipinski definition) is 4. The van der Waals surface area contributed by atoms with Gasteiger partial charge in [-0.05, 0) is 37.1 Å². The van der Waals surface area contributed by atoms with E-state index >= 15 is 0 Å².